The van der Waals surface area contributed by atoms with Gasteiger partial charge in [0.2, 0.25) is 5.91 Å². The van der Waals surface area contributed by atoms with Crippen LogP contribution in [0, 0.1) is 11.3 Å². The second-order valence-electron chi connectivity index (χ2n) is 6.17. The van der Waals surface area contributed by atoms with Gasteiger partial charge in [0, 0.05) is 24.8 Å². The molecule has 0 aromatic rings. The van der Waals surface area contributed by atoms with Gasteiger partial charge in [0.1, 0.15) is 0 Å². The number of piperidine rings is 1. The van der Waals surface area contributed by atoms with Gasteiger partial charge in [-0.25, -0.2) is 0 Å². The highest BCUT2D eigenvalue weighted by Gasteiger charge is 2.29. The Bertz CT molecular complexity index is 239. The molecular formula is C14H26BrNO. The Morgan fingerprint density at radius 2 is 1.82 bits per heavy atom. The SMILES string of the molecule is CC(C)(C)C1CCN(C(=O)CCCCBr)CC1. The zero-order chi connectivity index (χ0) is 12.9. The maximum Gasteiger partial charge on any atom is 0.222 e. The maximum absolute atomic E-state index is 11.9. The van der Waals surface area contributed by atoms with Gasteiger partial charge in [-0.05, 0) is 37.0 Å². The van der Waals surface area contributed by atoms with Gasteiger partial charge < -0.3 is 4.90 Å². The van der Waals surface area contributed by atoms with Gasteiger partial charge in [0.15, 0.2) is 0 Å². The second kappa shape index (κ2) is 6.77. The first-order valence-electron chi connectivity index (χ1n) is 6.79. The molecule has 1 heterocycles. The van der Waals surface area contributed by atoms with E-state index in [2.05, 4.69) is 41.6 Å². The molecule has 0 aromatic carbocycles. The second-order valence-corrected chi connectivity index (χ2v) is 6.96. The Morgan fingerprint density at radius 1 is 1.24 bits per heavy atom. The minimum atomic E-state index is 0.360. The lowest BCUT2D eigenvalue weighted by Crippen LogP contribution is -2.41. The molecular weight excluding hydrogens is 278 g/mol. The molecule has 1 aliphatic rings. The lowest BCUT2D eigenvalue weighted by molar-refractivity contribution is -0.133. The minimum absolute atomic E-state index is 0.360. The van der Waals surface area contributed by atoms with Crippen LogP contribution in [0.3, 0.4) is 0 Å². The van der Waals surface area contributed by atoms with E-state index in [-0.39, 0.29) is 0 Å². The van der Waals surface area contributed by atoms with Crippen LogP contribution in [0.25, 0.3) is 0 Å². The van der Waals surface area contributed by atoms with Crippen molar-refractivity contribution in [3.05, 3.63) is 0 Å². The zero-order valence-corrected chi connectivity index (χ0v) is 13.1. The van der Waals surface area contributed by atoms with Crippen molar-refractivity contribution in [1.82, 2.24) is 4.90 Å². The Balaban J connectivity index is 2.29. The van der Waals surface area contributed by atoms with Crippen molar-refractivity contribution < 1.29 is 4.79 Å². The quantitative estimate of drug-likeness (QED) is 0.571. The number of rotatable bonds is 4. The van der Waals surface area contributed by atoms with Crippen molar-refractivity contribution in [2.45, 2.75) is 52.9 Å². The molecule has 1 saturated heterocycles. The lowest BCUT2D eigenvalue weighted by atomic mass is 9.75. The Labute approximate surface area is 114 Å². The van der Waals surface area contributed by atoms with Gasteiger partial charge in [-0.2, -0.15) is 0 Å². The van der Waals surface area contributed by atoms with Crippen molar-refractivity contribution in [1.29, 1.82) is 0 Å². The summed E-state index contributed by atoms with van der Waals surface area (Å²) >= 11 is 3.40. The number of hydrogen-bond donors (Lipinski definition) is 0. The largest absolute Gasteiger partial charge is 0.343 e. The number of hydrogen-bond acceptors (Lipinski definition) is 1. The number of carbonyl (C=O) groups is 1. The van der Waals surface area contributed by atoms with E-state index >= 15 is 0 Å². The summed E-state index contributed by atoms with van der Waals surface area (Å²) < 4.78 is 0. The zero-order valence-electron chi connectivity index (χ0n) is 11.5. The van der Waals surface area contributed by atoms with Crippen LogP contribution in [-0.4, -0.2) is 29.2 Å². The van der Waals surface area contributed by atoms with E-state index < -0.39 is 0 Å². The van der Waals surface area contributed by atoms with Crippen molar-refractivity contribution in [3.63, 3.8) is 0 Å². The number of alkyl halides is 1. The van der Waals surface area contributed by atoms with Crippen molar-refractivity contribution in [3.8, 4) is 0 Å². The Kier molecular flexibility index (Phi) is 5.98. The van der Waals surface area contributed by atoms with E-state index in [1.807, 2.05) is 0 Å². The van der Waals surface area contributed by atoms with E-state index in [9.17, 15) is 4.79 Å². The fraction of sp³-hybridized carbons (Fsp3) is 0.929. The molecule has 0 atom stereocenters. The van der Waals surface area contributed by atoms with Gasteiger partial charge in [0.05, 0.1) is 0 Å². The van der Waals surface area contributed by atoms with Crippen molar-refractivity contribution >= 4 is 21.8 Å². The van der Waals surface area contributed by atoms with Crippen LogP contribution >= 0.6 is 15.9 Å². The van der Waals surface area contributed by atoms with Crippen LogP contribution < -0.4 is 0 Å². The Morgan fingerprint density at radius 3 is 2.29 bits per heavy atom. The third-order valence-corrected chi connectivity index (χ3v) is 4.41. The summed E-state index contributed by atoms with van der Waals surface area (Å²) in [6.07, 6.45) is 5.20. The van der Waals surface area contributed by atoms with Gasteiger partial charge >= 0.3 is 0 Å². The number of amides is 1. The fourth-order valence-electron chi connectivity index (χ4n) is 2.52. The van der Waals surface area contributed by atoms with Crippen LogP contribution in [0.4, 0.5) is 0 Å². The fourth-order valence-corrected chi connectivity index (χ4v) is 2.92. The van der Waals surface area contributed by atoms with Crippen LogP contribution in [0.15, 0.2) is 0 Å². The molecule has 0 spiro atoms. The van der Waals surface area contributed by atoms with Gasteiger partial charge in [0.25, 0.3) is 0 Å². The molecule has 17 heavy (non-hydrogen) atoms. The molecule has 1 fully saturated rings. The van der Waals surface area contributed by atoms with E-state index in [0.717, 1.165) is 43.6 Å². The van der Waals surface area contributed by atoms with Crippen LogP contribution in [0.5, 0.6) is 0 Å². The molecule has 3 heteroatoms. The number of unbranched alkanes of at least 4 members (excludes halogenated alkanes) is 1. The first-order valence-corrected chi connectivity index (χ1v) is 7.91. The van der Waals surface area contributed by atoms with Crippen LogP contribution in [-0.2, 0) is 4.79 Å². The maximum atomic E-state index is 11.9. The predicted octanol–water partition coefficient (Wildman–Crippen LogP) is 3.84. The molecule has 1 amide bonds. The molecule has 0 bridgehead atoms. The molecule has 2 nitrogen and oxygen atoms in total. The van der Waals surface area contributed by atoms with Crippen LogP contribution in [0.2, 0.25) is 0 Å². The van der Waals surface area contributed by atoms with E-state index in [1.165, 1.54) is 12.8 Å². The average molecular weight is 304 g/mol. The highest BCUT2D eigenvalue weighted by molar-refractivity contribution is 9.09. The molecule has 0 aliphatic carbocycles. The summed E-state index contributed by atoms with van der Waals surface area (Å²) in [6.45, 7) is 8.87. The van der Waals surface area contributed by atoms with Crippen LogP contribution in [0.1, 0.15) is 52.9 Å². The third-order valence-electron chi connectivity index (χ3n) is 3.85. The van der Waals surface area contributed by atoms with E-state index in [4.69, 9.17) is 0 Å². The molecule has 0 N–H and O–H groups in total. The minimum Gasteiger partial charge on any atom is -0.343 e. The van der Waals surface area contributed by atoms with E-state index in [1.54, 1.807) is 0 Å². The first kappa shape index (κ1) is 15.0. The molecule has 100 valence electrons. The van der Waals surface area contributed by atoms with Gasteiger partial charge in [-0.1, -0.05) is 36.7 Å². The van der Waals surface area contributed by atoms with Gasteiger partial charge in [-0.15, -0.1) is 0 Å². The molecule has 0 radical (unpaired) electrons. The number of likely N-dealkylation sites (tertiary alicyclic amines) is 1. The summed E-state index contributed by atoms with van der Waals surface area (Å²) in [6, 6.07) is 0. The Hall–Kier alpha value is -0.0500. The average Bonchev–Trinajstić information content (AvgIpc) is 2.28. The van der Waals surface area contributed by atoms with Gasteiger partial charge in [-0.3, -0.25) is 4.79 Å². The summed E-state index contributed by atoms with van der Waals surface area (Å²) in [4.78, 5) is 14.0. The normalized spacial score (nSPS) is 18.5. The summed E-state index contributed by atoms with van der Waals surface area (Å²) in [5.74, 6) is 1.13. The first-order chi connectivity index (χ1) is 7.95. The molecule has 0 saturated carbocycles. The molecule has 1 rings (SSSR count). The number of carbonyl (C=O) groups excluding carboxylic acids is 1. The van der Waals surface area contributed by atoms with Crippen molar-refractivity contribution in [2.75, 3.05) is 18.4 Å². The number of halogens is 1. The smallest absolute Gasteiger partial charge is 0.222 e. The third kappa shape index (κ3) is 4.99. The summed E-state index contributed by atoms with van der Waals surface area (Å²) in [5.41, 5.74) is 0.394. The van der Waals surface area contributed by atoms with Crippen molar-refractivity contribution in [2.24, 2.45) is 11.3 Å². The lowest BCUT2D eigenvalue weighted by Gasteiger charge is -2.38. The highest BCUT2D eigenvalue weighted by Crippen LogP contribution is 2.34. The predicted molar refractivity (Wildman–Crippen MR) is 76.4 cm³/mol. The van der Waals surface area contributed by atoms with E-state index in [0.29, 0.717) is 11.3 Å². The summed E-state index contributed by atoms with van der Waals surface area (Å²) in [7, 11) is 0. The topological polar surface area (TPSA) is 20.3 Å². The standard InChI is InChI=1S/C14H26BrNO/c1-14(2,3)12-7-10-16(11-8-12)13(17)6-4-5-9-15/h12H,4-11H2,1-3H3. The monoisotopic (exact) mass is 303 g/mol. The highest BCUT2D eigenvalue weighted by atomic mass is 79.9. The molecule has 0 unspecified atom stereocenters. The molecule has 0 aromatic heterocycles. The number of nitrogens with zero attached hydrogens (tertiary/aromatic N) is 1. The summed E-state index contributed by atoms with van der Waals surface area (Å²) in [5, 5.41) is 1.01. The molecule has 1 aliphatic heterocycles.